The van der Waals surface area contributed by atoms with Crippen LogP contribution in [0.4, 0.5) is 27.8 Å². The molecule has 1 N–H and O–H groups in total. The highest BCUT2D eigenvalue weighted by molar-refractivity contribution is 7.26. The fraction of sp³-hybridized carbons (Fsp3) is 0.138. The van der Waals surface area contributed by atoms with Crippen molar-refractivity contribution in [3.05, 3.63) is 175 Å². The minimum atomic E-state index is -0.0272. The number of para-hydroxylation sites is 1. The molecule has 0 saturated heterocycles. The molecule has 8 aromatic carbocycles. The summed E-state index contributed by atoms with van der Waals surface area (Å²) in [6.07, 6.45) is 0. The van der Waals surface area contributed by atoms with Gasteiger partial charge in [-0.15, -0.1) is 22.7 Å². The van der Waals surface area contributed by atoms with Crippen LogP contribution < -0.4 is 21.1 Å². The third-order valence-corrected chi connectivity index (χ3v) is 15.6. The summed E-state index contributed by atoms with van der Waals surface area (Å²) in [6.45, 7) is 13.7. The molecule has 0 saturated carbocycles. The van der Waals surface area contributed by atoms with Crippen molar-refractivity contribution in [2.75, 3.05) is 10.2 Å². The first-order valence-corrected chi connectivity index (χ1v) is 23.9. The molecule has 0 spiro atoms. The van der Waals surface area contributed by atoms with E-state index in [0.717, 1.165) is 51.7 Å². The summed E-state index contributed by atoms with van der Waals surface area (Å²) in [6, 6.07) is 60.7. The van der Waals surface area contributed by atoms with Gasteiger partial charge in [-0.3, -0.25) is 0 Å². The van der Waals surface area contributed by atoms with Crippen molar-refractivity contribution in [3.8, 4) is 22.3 Å². The minimum absolute atomic E-state index is 0.0272. The minimum Gasteiger partial charge on any atom is -0.455 e. The smallest absolute Gasteiger partial charge is 0.200 e. The van der Waals surface area contributed by atoms with Crippen LogP contribution in [0.1, 0.15) is 52.7 Å². The van der Waals surface area contributed by atoms with Gasteiger partial charge in [-0.25, -0.2) is 0 Å². The maximum atomic E-state index is 7.15. The van der Waals surface area contributed by atoms with Gasteiger partial charge in [-0.2, -0.15) is 0 Å². The Hall–Kier alpha value is -6.60. The fourth-order valence-electron chi connectivity index (χ4n) is 9.85. The van der Waals surface area contributed by atoms with Gasteiger partial charge in [0.1, 0.15) is 11.2 Å². The van der Waals surface area contributed by atoms with Crippen LogP contribution >= 0.6 is 22.7 Å². The van der Waals surface area contributed by atoms with E-state index in [0.29, 0.717) is 0 Å². The van der Waals surface area contributed by atoms with Crippen LogP contribution in [-0.2, 0) is 10.8 Å². The first-order valence-electron chi connectivity index (χ1n) is 22.3. The molecule has 0 amide bonds. The Morgan fingerprint density at radius 3 is 1.91 bits per heavy atom. The zero-order chi connectivity index (χ0) is 43.5. The molecule has 11 aromatic rings. The molecular formula is C58H47BN2OS2. The predicted octanol–water partition coefficient (Wildman–Crippen LogP) is 16.0. The summed E-state index contributed by atoms with van der Waals surface area (Å²) in [4.78, 5) is 2.59. The molecule has 1 aliphatic heterocycles. The van der Waals surface area contributed by atoms with Crippen LogP contribution in [0.5, 0.6) is 0 Å². The molecule has 12 rings (SSSR count). The first-order chi connectivity index (χ1) is 31.0. The van der Waals surface area contributed by atoms with E-state index in [2.05, 4.69) is 216 Å². The fourth-order valence-corrected chi connectivity index (χ4v) is 12.2. The molecule has 0 bridgehead atoms. The van der Waals surface area contributed by atoms with Crippen molar-refractivity contribution in [1.82, 2.24) is 0 Å². The summed E-state index contributed by atoms with van der Waals surface area (Å²) in [7, 11) is 0.760. The van der Waals surface area contributed by atoms with Gasteiger partial charge in [0, 0.05) is 69.4 Å². The van der Waals surface area contributed by atoms with E-state index >= 15 is 0 Å². The molecule has 64 heavy (non-hydrogen) atoms. The van der Waals surface area contributed by atoms with E-state index in [1.165, 1.54) is 79.8 Å². The molecule has 310 valence electrons. The van der Waals surface area contributed by atoms with Crippen molar-refractivity contribution in [2.45, 2.75) is 52.4 Å². The quantitative estimate of drug-likeness (QED) is 0.175. The summed E-state index contributed by atoms with van der Waals surface area (Å²) in [5.41, 5.74) is 16.2. The predicted molar refractivity (Wildman–Crippen MR) is 281 cm³/mol. The molecular weight excluding hydrogens is 816 g/mol. The second-order valence-electron chi connectivity index (χ2n) is 19.4. The number of thiophene rings is 2. The Balaban J connectivity index is 1.20. The maximum Gasteiger partial charge on any atom is 0.200 e. The van der Waals surface area contributed by atoms with Crippen molar-refractivity contribution < 1.29 is 4.42 Å². The highest BCUT2D eigenvalue weighted by atomic mass is 32.1. The highest BCUT2D eigenvalue weighted by Crippen LogP contribution is 2.51. The lowest BCUT2D eigenvalue weighted by Gasteiger charge is -2.35. The number of nitrogens with zero attached hydrogens (tertiary/aromatic N) is 1. The third kappa shape index (κ3) is 6.29. The van der Waals surface area contributed by atoms with Gasteiger partial charge in [0.15, 0.2) is 0 Å². The molecule has 0 radical (unpaired) electrons. The zero-order valence-electron chi connectivity index (χ0n) is 37.0. The molecule has 0 unspecified atom stereocenters. The lowest BCUT2D eigenvalue weighted by atomic mass is 9.58. The molecule has 6 heteroatoms. The zero-order valence-corrected chi connectivity index (χ0v) is 38.6. The summed E-state index contributed by atoms with van der Waals surface area (Å²) >= 11 is 3.75. The molecule has 1 aliphatic rings. The van der Waals surface area contributed by atoms with Crippen molar-refractivity contribution in [3.63, 3.8) is 0 Å². The largest absolute Gasteiger partial charge is 0.455 e. The number of nitrogens with one attached hydrogen (secondary N) is 1. The lowest BCUT2D eigenvalue weighted by molar-refractivity contribution is 0.590. The number of hydrogen-bond donors (Lipinski definition) is 1. The van der Waals surface area contributed by atoms with E-state index in [-0.39, 0.29) is 10.8 Å². The number of anilines is 5. The number of furan rings is 1. The van der Waals surface area contributed by atoms with E-state index < -0.39 is 0 Å². The number of benzene rings is 8. The highest BCUT2D eigenvalue weighted by Gasteiger charge is 2.35. The third-order valence-electron chi connectivity index (χ3n) is 13.2. The van der Waals surface area contributed by atoms with E-state index in [4.69, 9.17) is 4.42 Å². The van der Waals surface area contributed by atoms with Crippen LogP contribution in [0, 0.1) is 0 Å². The Labute approximate surface area is 382 Å². The number of rotatable bonds is 5. The van der Waals surface area contributed by atoms with Gasteiger partial charge >= 0.3 is 0 Å². The summed E-state index contributed by atoms with van der Waals surface area (Å²) in [5, 5.41) is 11.3. The van der Waals surface area contributed by atoms with Gasteiger partial charge in [-0.1, -0.05) is 145 Å². The van der Waals surface area contributed by atoms with Crippen LogP contribution in [0.25, 0.3) is 74.5 Å². The van der Waals surface area contributed by atoms with Crippen LogP contribution in [0.2, 0.25) is 0 Å². The molecule has 3 aromatic heterocycles. The van der Waals surface area contributed by atoms with Crippen molar-refractivity contribution in [2.24, 2.45) is 0 Å². The summed E-state index contributed by atoms with van der Waals surface area (Å²) < 4.78 is 11.0. The van der Waals surface area contributed by atoms with Gasteiger partial charge in [0.05, 0.1) is 10.7 Å². The topological polar surface area (TPSA) is 28.4 Å². The Bertz CT molecular complexity index is 3640. The van der Waals surface area contributed by atoms with Crippen LogP contribution in [0.15, 0.2) is 168 Å². The molecule has 0 aliphatic carbocycles. The maximum absolute atomic E-state index is 7.15. The Morgan fingerprint density at radius 2 is 1.16 bits per heavy atom. The second kappa shape index (κ2) is 14.5. The summed E-state index contributed by atoms with van der Waals surface area (Å²) in [5.74, 6) is 0. The number of hydrogen-bond acceptors (Lipinski definition) is 5. The Kier molecular flexibility index (Phi) is 8.82. The van der Waals surface area contributed by atoms with E-state index in [1.54, 1.807) is 0 Å². The van der Waals surface area contributed by atoms with E-state index in [1.807, 2.05) is 22.7 Å². The van der Waals surface area contributed by atoms with Gasteiger partial charge in [-0.05, 0) is 104 Å². The molecule has 4 heterocycles. The van der Waals surface area contributed by atoms with E-state index in [9.17, 15) is 0 Å². The number of fused-ring (bicyclic) bond motifs is 10. The standard InChI is InChI=1S/C58H47BN2OS2/c1-57(2,3)35-24-27-37(28-25-35)60-45-33-51-42(39-19-11-14-22-49(39)63-51)31-44(45)52-54-47(32-43-38-18-10-13-21-48(38)62-55(43)52)61(56-53(59-54)40-20-12-15-23-50(40)64-56)46-29-26-36(58(4,5)6)30-41(46)34-16-8-7-9-17-34/h7-33,59-60H,1-6H3. The normalized spacial score (nSPS) is 12.9. The van der Waals surface area contributed by atoms with Gasteiger partial charge in [0.25, 0.3) is 0 Å². The average molecular weight is 863 g/mol. The monoisotopic (exact) mass is 862 g/mol. The SMILES string of the molecule is CC(C)(C)c1ccc(Nc2cc3sc4ccccc4c3cc2-c2c3c(cc4c2oc2ccccc24)N(c2ccc(C(C)(C)C)cc2-c2ccccc2)c2sc4ccccc4c2B3)cc1. The van der Waals surface area contributed by atoms with Gasteiger partial charge < -0.3 is 14.6 Å². The van der Waals surface area contributed by atoms with Crippen molar-refractivity contribution >= 4 is 121 Å². The second-order valence-corrected chi connectivity index (χ2v) is 21.5. The lowest BCUT2D eigenvalue weighted by Crippen LogP contribution is -2.40. The molecule has 0 atom stereocenters. The Morgan fingerprint density at radius 1 is 0.500 bits per heavy atom. The van der Waals surface area contributed by atoms with Gasteiger partial charge in [0.2, 0.25) is 7.28 Å². The van der Waals surface area contributed by atoms with Crippen LogP contribution in [-0.4, -0.2) is 7.28 Å². The van der Waals surface area contributed by atoms with Crippen molar-refractivity contribution in [1.29, 1.82) is 0 Å². The average Bonchev–Trinajstić information content (AvgIpc) is 3.98. The molecule has 0 fully saturated rings. The molecule has 3 nitrogen and oxygen atoms in total. The first kappa shape index (κ1) is 39.0. The van der Waals surface area contributed by atoms with Crippen LogP contribution in [0.3, 0.4) is 0 Å².